The fraction of sp³-hybridized carbons (Fsp3) is 0.500. The molecule has 0 aliphatic carbocycles. The van der Waals surface area contributed by atoms with Gasteiger partial charge >= 0.3 is 6.09 Å². The number of methoxy groups -OCH3 is 1. The third-order valence-electron chi connectivity index (χ3n) is 5.97. The first-order valence-corrected chi connectivity index (χ1v) is 13.9. The molecular formula is C30H44N8O4. The minimum Gasteiger partial charge on any atom is -0.481 e. The van der Waals surface area contributed by atoms with Crippen molar-refractivity contribution in [2.24, 2.45) is 0 Å². The molecule has 1 unspecified atom stereocenters. The highest BCUT2D eigenvalue weighted by Gasteiger charge is 2.26. The standard InChI is InChI=1S/C30H44N8O4/c1-9-16-33-26-21(13-11-10-12-17-34-27(39)20(2)38(7)29(40)42-30(3,4)5)19-35-28(37-26)36-22-14-15-23(25(31)41-8)24(18-22)32-6/h14-15,18-20,31-32H,9-10,12,16-17H2,1-8H3,(H,34,39)(H2,33,35,36,37). The Kier molecular flexibility index (Phi) is 12.9. The number of benzene rings is 1. The highest BCUT2D eigenvalue weighted by molar-refractivity contribution is 5.98. The second-order valence-electron chi connectivity index (χ2n) is 10.5. The van der Waals surface area contributed by atoms with Crippen molar-refractivity contribution < 1.29 is 19.1 Å². The summed E-state index contributed by atoms with van der Waals surface area (Å²) in [5.41, 5.74) is 2.17. The Hall–Kier alpha value is -4.53. The number of hydrogen-bond donors (Lipinski definition) is 5. The molecule has 2 amide bonds. The van der Waals surface area contributed by atoms with Crippen LogP contribution in [0.4, 0.5) is 27.9 Å². The lowest BCUT2D eigenvalue weighted by Crippen LogP contribution is -2.47. The van der Waals surface area contributed by atoms with E-state index < -0.39 is 17.7 Å². The monoisotopic (exact) mass is 580 g/mol. The molecule has 1 aromatic heterocycles. The van der Waals surface area contributed by atoms with E-state index in [1.165, 1.54) is 12.0 Å². The molecule has 0 saturated carbocycles. The van der Waals surface area contributed by atoms with Crippen LogP contribution >= 0.6 is 0 Å². The average Bonchev–Trinajstić information content (AvgIpc) is 2.96. The van der Waals surface area contributed by atoms with Gasteiger partial charge in [0.2, 0.25) is 17.8 Å². The molecule has 42 heavy (non-hydrogen) atoms. The second kappa shape index (κ2) is 16.0. The molecule has 0 fully saturated rings. The summed E-state index contributed by atoms with van der Waals surface area (Å²) in [5.74, 6) is 7.10. The van der Waals surface area contributed by atoms with E-state index in [2.05, 4.69) is 50.0 Å². The van der Waals surface area contributed by atoms with E-state index in [-0.39, 0.29) is 11.8 Å². The number of likely N-dealkylation sites (N-methyl/N-ethyl adjacent to an activating group) is 1. The molecule has 12 heteroatoms. The van der Waals surface area contributed by atoms with Gasteiger partial charge in [0.25, 0.3) is 0 Å². The van der Waals surface area contributed by atoms with Gasteiger partial charge in [-0.1, -0.05) is 18.8 Å². The number of ether oxygens (including phenoxy) is 2. The Labute approximate surface area is 248 Å². The van der Waals surface area contributed by atoms with Gasteiger partial charge in [-0.25, -0.2) is 9.78 Å². The number of hydrogen-bond acceptors (Lipinski definition) is 10. The summed E-state index contributed by atoms with van der Waals surface area (Å²) >= 11 is 0. The van der Waals surface area contributed by atoms with E-state index in [4.69, 9.17) is 14.9 Å². The number of carbonyl (C=O) groups is 2. The van der Waals surface area contributed by atoms with Crippen LogP contribution < -0.4 is 21.3 Å². The minimum absolute atomic E-state index is 0.0684. The number of carbonyl (C=O) groups excluding carboxylic acids is 2. The number of unbranched alkanes of at least 4 members (excludes halogenated alkanes) is 1. The molecule has 5 N–H and O–H groups in total. The van der Waals surface area contributed by atoms with Gasteiger partial charge < -0.3 is 30.7 Å². The lowest BCUT2D eigenvalue weighted by molar-refractivity contribution is -0.125. The summed E-state index contributed by atoms with van der Waals surface area (Å²) in [6.07, 6.45) is 3.24. The minimum atomic E-state index is -0.663. The zero-order valence-corrected chi connectivity index (χ0v) is 25.9. The third kappa shape index (κ3) is 10.5. The van der Waals surface area contributed by atoms with E-state index in [9.17, 15) is 9.59 Å². The summed E-state index contributed by atoms with van der Waals surface area (Å²) in [5, 5.41) is 20.4. The molecule has 0 aliphatic heterocycles. The van der Waals surface area contributed by atoms with Gasteiger partial charge in [0, 0.05) is 45.0 Å². The number of nitrogens with zero attached hydrogens (tertiary/aromatic N) is 3. The molecule has 12 nitrogen and oxygen atoms in total. The fourth-order valence-electron chi connectivity index (χ4n) is 3.54. The number of anilines is 4. The van der Waals surface area contributed by atoms with Crippen LogP contribution in [0.5, 0.6) is 0 Å². The van der Waals surface area contributed by atoms with Crippen molar-refractivity contribution in [2.75, 3.05) is 50.2 Å². The molecule has 0 aliphatic rings. The SMILES string of the molecule is CCCNc1nc(Nc2ccc(C(=N)OC)c(NC)c2)ncc1C#CCCCNC(=O)C(C)N(C)C(=O)OC(C)(C)C. The normalized spacial score (nSPS) is 11.3. The first-order valence-electron chi connectivity index (χ1n) is 13.9. The Balaban J connectivity index is 1.99. The van der Waals surface area contributed by atoms with E-state index in [1.807, 2.05) is 12.1 Å². The average molecular weight is 581 g/mol. The highest BCUT2D eigenvalue weighted by Crippen LogP contribution is 2.24. The molecule has 1 aromatic carbocycles. The van der Waals surface area contributed by atoms with Crippen molar-refractivity contribution in [1.82, 2.24) is 20.2 Å². The van der Waals surface area contributed by atoms with Gasteiger partial charge in [0.1, 0.15) is 17.5 Å². The first kappa shape index (κ1) is 33.7. The molecule has 0 spiro atoms. The van der Waals surface area contributed by atoms with E-state index in [1.54, 1.807) is 54.1 Å². The molecule has 1 atom stereocenters. The number of amides is 2. The van der Waals surface area contributed by atoms with Crippen LogP contribution in [-0.2, 0) is 14.3 Å². The topological polar surface area (TPSA) is 154 Å². The van der Waals surface area contributed by atoms with Crippen LogP contribution in [0.2, 0.25) is 0 Å². The van der Waals surface area contributed by atoms with Crippen LogP contribution in [0.15, 0.2) is 24.4 Å². The van der Waals surface area contributed by atoms with E-state index in [0.29, 0.717) is 42.3 Å². The number of rotatable bonds is 12. The van der Waals surface area contributed by atoms with Gasteiger partial charge in [-0.2, -0.15) is 4.98 Å². The van der Waals surface area contributed by atoms with Crippen molar-refractivity contribution in [2.45, 2.75) is 65.5 Å². The summed E-state index contributed by atoms with van der Waals surface area (Å²) in [6.45, 7) is 10.2. The summed E-state index contributed by atoms with van der Waals surface area (Å²) < 4.78 is 10.4. The van der Waals surface area contributed by atoms with Gasteiger partial charge in [-0.15, -0.1) is 0 Å². The lowest BCUT2D eigenvalue weighted by Gasteiger charge is -2.28. The summed E-state index contributed by atoms with van der Waals surface area (Å²) in [7, 11) is 4.79. The number of nitrogens with one attached hydrogen (secondary N) is 5. The maximum atomic E-state index is 12.5. The zero-order chi connectivity index (χ0) is 31.3. The van der Waals surface area contributed by atoms with Gasteiger partial charge in [0.15, 0.2) is 0 Å². The van der Waals surface area contributed by atoms with Crippen molar-refractivity contribution in [3.63, 3.8) is 0 Å². The zero-order valence-electron chi connectivity index (χ0n) is 25.9. The Morgan fingerprint density at radius 3 is 2.60 bits per heavy atom. The van der Waals surface area contributed by atoms with Crippen molar-refractivity contribution in [3.05, 3.63) is 35.5 Å². The van der Waals surface area contributed by atoms with Crippen LogP contribution in [0.3, 0.4) is 0 Å². The van der Waals surface area contributed by atoms with Crippen LogP contribution in [0.25, 0.3) is 0 Å². The third-order valence-corrected chi connectivity index (χ3v) is 5.97. The molecule has 228 valence electrons. The summed E-state index contributed by atoms with van der Waals surface area (Å²) in [4.78, 5) is 35.0. The van der Waals surface area contributed by atoms with Crippen molar-refractivity contribution in [3.8, 4) is 11.8 Å². The quantitative estimate of drug-likeness (QED) is 0.105. The fourth-order valence-corrected chi connectivity index (χ4v) is 3.54. The maximum Gasteiger partial charge on any atom is 0.410 e. The molecule has 2 aromatic rings. The largest absolute Gasteiger partial charge is 0.481 e. The van der Waals surface area contributed by atoms with Gasteiger partial charge in [-0.05, 0) is 58.7 Å². The van der Waals surface area contributed by atoms with Crippen LogP contribution in [0.1, 0.15) is 65.0 Å². The molecule has 1 heterocycles. The molecule has 2 rings (SSSR count). The smallest absolute Gasteiger partial charge is 0.410 e. The van der Waals surface area contributed by atoms with E-state index in [0.717, 1.165) is 24.3 Å². The Morgan fingerprint density at radius 1 is 1.21 bits per heavy atom. The Morgan fingerprint density at radius 2 is 1.95 bits per heavy atom. The highest BCUT2D eigenvalue weighted by atomic mass is 16.6. The van der Waals surface area contributed by atoms with Crippen LogP contribution in [-0.4, -0.2) is 78.7 Å². The van der Waals surface area contributed by atoms with Crippen molar-refractivity contribution >= 4 is 41.0 Å². The first-order chi connectivity index (χ1) is 19.9. The number of aromatic nitrogens is 2. The van der Waals surface area contributed by atoms with Gasteiger partial charge in [0.05, 0.1) is 24.4 Å². The van der Waals surface area contributed by atoms with Gasteiger partial charge in [-0.3, -0.25) is 15.1 Å². The van der Waals surface area contributed by atoms with Crippen molar-refractivity contribution in [1.29, 1.82) is 5.41 Å². The molecule has 0 saturated heterocycles. The molecule has 0 bridgehead atoms. The second-order valence-corrected chi connectivity index (χ2v) is 10.5. The molecule has 0 radical (unpaired) electrons. The predicted molar refractivity (Wildman–Crippen MR) is 167 cm³/mol. The van der Waals surface area contributed by atoms with E-state index >= 15 is 0 Å². The Bertz CT molecular complexity index is 1300. The maximum absolute atomic E-state index is 12.5. The summed E-state index contributed by atoms with van der Waals surface area (Å²) in [6, 6.07) is 4.81. The lowest BCUT2D eigenvalue weighted by atomic mass is 10.1. The van der Waals surface area contributed by atoms with Crippen LogP contribution in [0, 0.1) is 17.3 Å². The predicted octanol–water partition coefficient (Wildman–Crippen LogP) is 4.56. The molecular weight excluding hydrogens is 536 g/mol.